The van der Waals surface area contributed by atoms with Crippen molar-refractivity contribution in [2.24, 2.45) is 0 Å². The van der Waals surface area contributed by atoms with E-state index in [2.05, 4.69) is 28.6 Å². The fourth-order valence-electron chi connectivity index (χ4n) is 2.08. The third-order valence-electron chi connectivity index (χ3n) is 3.08. The van der Waals surface area contributed by atoms with Gasteiger partial charge in [-0.2, -0.15) is 0 Å². The van der Waals surface area contributed by atoms with Crippen LogP contribution < -0.4 is 5.73 Å². The molecule has 0 atom stereocenters. The van der Waals surface area contributed by atoms with E-state index < -0.39 is 0 Å². The van der Waals surface area contributed by atoms with Crippen LogP contribution in [-0.2, 0) is 5.75 Å². The molecule has 0 spiro atoms. The Labute approximate surface area is 126 Å². The highest BCUT2D eigenvalue weighted by molar-refractivity contribution is 7.98. The Morgan fingerprint density at radius 3 is 2.95 bits per heavy atom. The lowest BCUT2D eigenvalue weighted by Crippen LogP contribution is -1.89. The molecule has 2 heterocycles. The molecule has 0 aliphatic carbocycles. The van der Waals surface area contributed by atoms with Gasteiger partial charge in [0, 0.05) is 33.8 Å². The van der Waals surface area contributed by atoms with Crippen molar-refractivity contribution in [2.75, 3.05) is 5.73 Å². The van der Waals surface area contributed by atoms with Crippen LogP contribution in [0.4, 0.5) is 5.69 Å². The maximum absolute atomic E-state index is 5.95. The number of benzene rings is 1. The van der Waals surface area contributed by atoms with Gasteiger partial charge in [0.2, 0.25) is 0 Å². The summed E-state index contributed by atoms with van der Waals surface area (Å²) in [4.78, 5) is 5.68. The summed E-state index contributed by atoms with van der Waals surface area (Å²) in [5.74, 6) is 0.785. The molecule has 0 unspecified atom stereocenters. The molecule has 20 heavy (non-hydrogen) atoms. The molecule has 0 amide bonds. The van der Waals surface area contributed by atoms with Gasteiger partial charge in [-0.05, 0) is 36.8 Å². The van der Waals surface area contributed by atoms with Gasteiger partial charge < -0.3 is 10.1 Å². The van der Waals surface area contributed by atoms with E-state index in [1.54, 1.807) is 17.8 Å². The zero-order chi connectivity index (χ0) is 14.1. The number of aryl methyl sites for hydroxylation is 1. The van der Waals surface area contributed by atoms with Crippen molar-refractivity contribution in [3.05, 3.63) is 59.0 Å². The summed E-state index contributed by atoms with van der Waals surface area (Å²) in [6, 6.07) is 9.67. The number of aromatic nitrogens is 2. The molecule has 5 heteroatoms. The third kappa shape index (κ3) is 2.62. The fraction of sp³-hybridized carbons (Fsp3) is 0.133. The van der Waals surface area contributed by atoms with E-state index in [9.17, 15) is 0 Å². The number of thioether (sulfide) groups is 1. The maximum atomic E-state index is 5.95. The number of rotatable bonds is 3. The lowest BCUT2D eigenvalue weighted by molar-refractivity contribution is 1.16. The second-order valence-corrected chi connectivity index (χ2v) is 6.08. The van der Waals surface area contributed by atoms with Gasteiger partial charge in [0.15, 0.2) is 0 Å². The number of imidazole rings is 1. The quantitative estimate of drug-likeness (QED) is 0.583. The molecule has 102 valence electrons. The van der Waals surface area contributed by atoms with E-state index in [0.29, 0.717) is 10.7 Å². The molecule has 2 aromatic heterocycles. The molecule has 0 bridgehead atoms. The monoisotopic (exact) mass is 303 g/mol. The first kappa shape index (κ1) is 13.3. The molecule has 3 rings (SSSR count). The normalized spacial score (nSPS) is 11.1. The van der Waals surface area contributed by atoms with Crippen molar-refractivity contribution in [2.45, 2.75) is 17.6 Å². The van der Waals surface area contributed by atoms with Gasteiger partial charge >= 0.3 is 0 Å². The van der Waals surface area contributed by atoms with Gasteiger partial charge in [0.1, 0.15) is 5.65 Å². The number of nitrogens with two attached hydrogens (primary N) is 1. The topological polar surface area (TPSA) is 43.3 Å². The highest BCUT2D eigenvalue weighted by Crippen LogP contribution is 2.30. The minimum absolute atomic E-state index is 0.662. The molecule has 3 aromatic rings. The molecule has 0 aliphatic rings. The second-order valence-electron chi connectivity index (χ2n) is 4.63. The first-order valence-electron chi connectivity index (χ1n) is 6.24. The minimum Gasteiger partial charge on any atom is -0.398 e. The summed E-state index contributed by atoms with van der Waals surface area (Å²) >= 11 is 7.57. The van der Waals surface area contributed by atoms with E-state index in [1.165, 1.54) is 5.56 Å². The number of nitrogen functional groups attached to an aromatic ring is 1. The third-order valence-corrected chi connectivity index (χ3v) is 4.43. The maximum Gasteiger partial charge on any atom is 0.139 e. The van der Waals surface area contributed by atoms with Gasteiger partial charge in [-0.15, -0.1) is 11.8 Å². The van der Waals surface area contributed by atoms with Crippen LogP contribution >= 0.6 is 23.4 Å². The molecular weight excluding hydrogens is 290 g/mol. The summed E-state index contributed by atoms with van der Waals surface area (Å²) in [6.45, 7) is 2.07. The van der Waals surface area contributed by atoms with Crippen LogP contribution in [0, 0.1) is 6.92 Å². The molecule has 0 saturated carbocycles. The van der Waals surface area contributed by atoms with Gasteiger partial charge in [0.05, 0.1) is 5.69 Å². The van der Waals surface area contributed by atoms with E-state index >= 15 is 0 Å². The van der Waals surface area contributed by atoms with E-state index in [4.69, 9.17) is 17.3 Å². The van der Waals surface area contributed by atoms with Crippen LogP contribution in [0.25, 0.3) is 5.65 Å². The molecule has 0 radical (unpaired) electrons. The smallest absolute Gasteiger partial charge is 0.139 e. The highest BCUT2D eigenvalue weighted by Gasteiger charge is 2.06. The average Bonchev–Trinajstić information content (AvgIpc) is 2.82. The molecule has 3 nitrogen and oxygen atoms in total. The first-order chi connectivity index (χ1) is 9.63. The zero-order valence-electron chi connectivity index (χ0n) is 11.0. The zero-order valence-corrected chi connectivity index (χ0v) is 12.6. The summed E-state index contributed by atoms with van der Waals surface area (Å²) in [5.41, 5.74) is 9.89. The lowest BCUT2D eigenvalue weighted by atomic mass is 10.3. The predicted octanol–water partition coefficient (Wildman–Crippen LogP) is 4.17. The van der Waals surface area contributed by atoms with Crippen LogP contribution in [-0.4, -0.2) is 9.38 Å². The van der Waals surface area contributed by atoms with Crippen LogP contribution in [0.5, 0.6) is 0 Å². The molecular formula is C15H14ClN3S. The Bertz CT molecular complexity index is 767. The Hall–Kier alpha value is -1.65. The van der Waals surface area contributed by atoms with Crippen LogP contribution in [0.1, 0.15) is 11.3 Å². The Balaban J connectivity index is 1.81. The molecule has 0 aliphatic heterocycles. The molecule has 0 saturated heterocycles. The minimum atomic E-state index is 0.662. The second kappa shape index (κ2) is 5.38. The summed E-state index contributed by atoms with van der Waals surface area (Å²) < 4.78 is 2.05. The van der Waals surface area contributed by atoms with Crippen molar-refractivity contribution >= 4 is 34.7 Å². The Kier molecular flexibility index (Phi) is 3.59. The summed E-state index contributed by atoms with van der Waals surface area (Å²) in [5, 5.41) is 0.662. The van der Waals surface area contributed by atoms with Crippen molar-refractivity contribution in [1.82, 2.24) is 9.38 Å². The van der Waals surface area contributed by atoms with Crippen molar-refractivity contribution in [1.29, 1.82) is 0 Å². The number of anilines is 1. The van der Waals surface area contributed by atoms with Crippen molar-refractivity contribution in [3.8, 4) is 0 Å². The first-order valence-corrected chi connectivity index (χ1v) is 7.61. The predicted molar refractivity (Wildman–Crippen MR) is 85.4 cm³/mol. The average molecular weight is 304 g/mol. The van der Waals surface area contributed by atoms with Crippen LogP contribution in [0.15, 0.2) is 47.6 Å². The van der Waals surface area contributed by atoms with Crippen LogP contribution in [0.3, 0.4) is 0 Å². The van der Waals surface area contributed by atoms with Gasteiger partial charge in [-0.25, -0.2) is 4.98 Å². The van der Waals surface area contributed by atoms with Crippen molar-refractivity contribution in [3.63, 3.8) is 0 Å². The van der Waals surface area contributed by atoms with Gasteiger partial charge in [0.25, 0.3) is 0 Å². The number of hydrogen-bond acceptors (Lipinski definition) is 3. The van der Waals surface area contributed by atoms with Gasteiger partial charge in [-0.3, -0.25) is 0 Å². The molecule has 0 fully saturated rings. The fourth-order valence-corrected chi connectivity index (χ4v) is 3.09. The van der Waals surface area contributed by atoms with Crippen LogP contribution in [0.2, 0.25) is 5.02 Å². The standard InChI is InChI=1S/C15H14ClN3S/c1-10-3-2-6-19-8-12(18-15(10)19)9-20-14-5-4-11(16)7-13(14)17/h2-8H,9,17H2,1H3. The number of halogens is 1. The summed E-state index contributed by atoms with van der Waals surface area (Å²) in [7, 11) is 0. The largest absolute Gasteiger partial charge is 0.398 e. The molecule has 2 N–H and O–H groups in total. The number of nitrogens with zero attached hydrogens (tertiary/aromatic N) is 2. The number of hydrogen-bond donors (Lipinski definition) is 1. The Morgan fingerprint density at radius 2 is 2.20 bits per heavy atom. The molecule has 1 aromatic carbocycles. The Morgan fingerprint density at radius 1 is 1.35 bits per heavy atom. The van der Waals surface area contributed by atoms with E-state index in [0.717, 1.165) is 22.0 Å². The van der Waals surface area contributed by atoms with E-state index in [1.807, 2.05) is 24.4 Å². The highest BCUT2D eigenvalue weighted by atomic mass is 35.5. The SMILES string of the molecule is Cc1cccn2cc(CSc3ccc(Cl)cc3N)nc12. The number of pyridine rings is 1. The van der Waals surface area contributed by atoms with Gasteiger partial charge in [-0.1, -0.05) is 17.7 Å². The lowest BCUT2D eigenvalue weighted by Gasteiger charge is -2.04. The summed E-state index contributed by atoms with van der Waals surface area (Å²) in [6.07, 6.45) is 4.07. The van der Waals surface area contributed by atoms with E-state index in [-0.39, 0.29) is 0 Å². The number of fused-ring (bicyclic) bond motifs is 1. The van der Waals surface area contributed by atoms with Crippen molar-refractivity contribution < 1.29 is 0 Å².